The molecule has 0 aromatic carbocycles. The molecule has 0 spiro atoms. The van der Waals surface area contributed by atoms with Crippen LogP contribution >= 0.6 is 0 Å². The zero-order valence-corrected chi connectivity index (χ0v) is 17.5. The molecule has 7 nitrogen and oxygen atoms in total. The first-order chi connectivity index (χ1) is 11.7. The third-order valence-electron chi connectivity index (χ3n) is 3.81. The molecule has 0 aromatic rings. The molecule has 0 aliphatic rings. The molecule has 0 unspecified atom stereocenters. The van der Waals surface area contributed by atoms with E-state index in [0.717, 1.165) is 19.4 Å². The van der Waals surface area contributed by atoms with Gasteiger partial charge in [-0.25, -0.2) is 0 Å². The van der Waals surface area contributed by atoms with Crippen molar-refractivity contribution >= 4 is 17.7 Å². The van der Waals surface area contributed by atoms with Crippen molar-refractivity contribution in [1.29, 1.82) is 0 Å². The number of unbranched alkanes of at least 4 members (excludes halogenated alkanes) is 1. The molecular weight excluding hydrogens is 320 g/mol. The average Bonchev–Trinajstić information content (AvgIpc) is 2.60. The Bertz CT molecular complexity index is 402. The Labute approximate surface area is 153 Å². The van der Waals surface area contributed by atoms with E-state index in [1.54, 1.807) is 26.0 Å². The number of likely N-dealkylation sites (N-methyl/N-ethyl adjacent to an activating group) is 4. The first-order valence-corrected chi connectivity index (χ1v) is 9.13. The second-order valence-electron chi connectivity index (χ2n) is 6.00. The highest BCUT2D eigenvalue weighted by atomic mass is 16.2. The summed E-state index contributed by atoms with van der Waals surface area (Å²) in [6, 6.07) is 0. The highest BCUT2D eigenvalue weighted by Crippen LogP contribution is 1.97. The molecule has 0 N–H and O–H groups in total. The summed E-state index contributed by atoms with van der Waals surface area (Å²) in [5.41, 5.74) is 0. The van der Waals surface area contributed by atoms with Crippen molar-refractivity contribution in [1.82, 2.24) is 19.6 Å². The minimum atomic E-state index is -0.239. The van der Waals surface area contributed by atoms with Crippen LogP contribution in [0.15, 0.2) is 0 Å². The maximum absolute atomic E-state index is 12.1. The zero-order valence-electron chi connectivity index (χ0n) is 17.5. The monoisotopic (exact) mass is 358 g/mol. The highest BCUT2D eigenvalue weighted by molar-refractivity contribution is 5.88. The molecule has 25 heavy (non-hydrogen) atoms. The highest BCUT2D eigenvalue weighted by Gasteiger charge is 2.19. The third kappa shape index (κ3) is 11.5. The number of hydrogen-bond donors (Lipinski definition) is 0. The van der Waals surface area contributed by atoms with Crippen molar-refractivity contribution in [2.45, 2.75) is 40.5 Å². The van der Waals surface area contributed by atoms with Gasteiger partial charge in [-0.1, -0.05) is 34.1 Å². The van der Waals surface area contributed by atoms with Gasteiger partial charge in [-0.3, -0.25) is 19.3 Å². The molecule has 0 rings (SSSR count). The van der Waals surface area contributed by atoms with Gasteiger partial charge in [-0.05, 0) is 20.0 Å². The summed E-state index contributed by atoms with van der Waals surface area (Å²) in [7, 11) is 6.79. The number of nitrogens with zero attached hydrogens (tertiary/aromatic N) is 4. The minimum absolute atomic E-state index is 0.0150. The fourth-order valence-corrected chi connectivity index (χ4v) is 1.81. The van der Waals surface area contributed by atoms with E-state index in [0.29, 0.717) is 6.54 Å². The van der Waals surface area contributed by atoms with E-state index in [1.807, 2.05) is 32.7 Å². The molecule has 0 radical (unpaired) electrons. The summed E-state index contributed by atoms with van der Waals surface area (Å²) < 4.78 is 0. The van der Waals surface area contributed by atoms with Crippen LogP contribution in [0.25, 0.3) is 0 Å². The van der Waals surface area contributed by atoms with E-state index in [2.05, 4.69) is 6.92 Å². The molecule has 0 bridgehead atoms. The maximum Gasteiger partial charge on any atom is 0.242 e. The fraction of sp³-hybridized carbons (Fsp3) is 0.833. The van der Waals surface area contributed by atoms with Gasteiger partial charge < -0.3 is 14.7 Å². The number of amides is 3. The van der Waals surface area contributed by atoms with Gasteiger partial charge >= 0.3 is 0 Å². The molecule has 0 saturated heterocycles. The molecule has 3 amide bonds. The predicted octanol–water partition coefficient (Wildman–Crippen LogP) is 1.14. The second-order valence-corrected chi connectivity index (χ2v) is 6.00. The second kappa shape index (κ2) is 14.7. The van der Waals surface area contributed by atoms with Crippen LogP contribution in [0.2, 0.25) is 0 Å². The maximum atomic E-state index is 12.1. The van der Waals surface area contributed by atoms with Crippen LogP contribution in [-0.2, 0) is 14.4 Å². The van der Waals surface area contributed by atoms with Crippen molar-refractivity contribution in [2.24, 2.45) is 0 Å². The molecular formula is C18H38N4O3. The lowest BCUT2D eigenvalue weighted by atomic mass is 10.3. The molecule has 148 valence electrons. The zero-order chi connectivity index (χ0) is 20.0. The number of hydrogen-bond acceptors (Lipinski definition) is 4. The minimum Gasteiger partial charge on any atom is -0.344 e. The Kier molecular flexibility index (Phi) is 15.0. The van der Waals surface area contributed by atoms with Crippen LogP contribution in [-0.4, -0.2) is 98.2 Å². The summed E-state index contributed by atoms with van der Waals surface area (Å²) >= 11 is 0. The predicted molar refractivity (Wildman–Crippen MR) is 102 cm³/mol. The molecule has 0 saturated carbocycles. The van der Waals surface area contributed by atoms with Gasteiger partial charge in [0, 0.05) is 27.7 Å². The average molecular weight is 359 g/mol. The van der Waals surface area contributed by atoms with Crippen molar-refractivity contribution in [3.63, 3.8) is 0 Å². The van der Waals surface area contributed by atoms with Crippen LogP contribution < -0.4 is 0 Å². The lowest BCUT2D eigenvalue weighted by Crippen LogP contribution is -2.45. The fourth-order valence-electron chi connectivity index (χ4n) is 1.81. The molecule has 0 aliphatic carbocycles. The molecule has 0 aromatic heterocycles. The molecule has 0 heterocycles. The first-order valence-electron chi connectivity index (χ1n) is 9.13. The number of carbonyl (C=O) groups is 3. The van der Waals surface area contributed by atoms with Crippen LogP contribution in [0.4, 0.5) is 0 Å². The van der Waals surface area contributed by atoms with Gasteiger partial charge in [0.25, 0.3) is 0 Å². The molecule has 0 fully saturated rings. The molecule has 0 aliphatic heterocycles. The van der Waals surface area contributed by atoms with E-state index in [-0.39, 0.29) is 37.4 Å². The summed E-state index contributed by atoms with van der Waals surface area (Å²) in [5.74, 6) is -0.436. The summed E-state index contributed by atoms with van der Waals surface area (Å²) in [6.45, 7) is 9.80. The van der Waals surface area contributed by atoms with Crippen molar-refractivity contribution < 1.29 is 14.4 Å². The van der Waals surface area contributed by atoms with Crippen LogP contribution in [0, 0.1) is 0 Å². The SMILES string of the molecule is CC.CCCCN(C)C(=O)CN(C)C(=O)CN(C)C(=O)CN(C)CC. The van der Waals surface area contributed by atoms with Crippen molar-refractivity contribution in [3.05, 3.63) is 0 Å². The van der Waals surface area contributed by atoms with E-state index < -0.39 is 0 Å². The van der Waals surface area contributed by atoms with Crippen LogP contribution in [0.3, 0.4) is 0 Å². The van der Waals surface area contributed by atoms with Crippen LogP contribution in [0.1, 0.15) is 40.5 Å². The number of rotatable bonds is 10. The quantitative estimate of drug-likeness (QED) is 0.587. The Morgan fingerprint density at radius 2 is 1.08 bits per heavy atom. The first kappa shape index (κ1) is 25.6. The van der Waals surface area contributed by atoms with Crippen molar-refractivity contribution in [3.8, 4) is 0 Å². The Balaban J connectivity index is 0. The normalized spacial score (nSPS) is 9.96. The van der Waals surface area contributed by atoms with E-state index in [9.17, 15) is 14.4 Å². The summed E-state index contributed by atoms with van der Waals surface area (Å²) in [4.78, 5) is 42.4. The number of carbonyl (C=O) groups excluding carboxylic acids is 3. The standard InChI is InChI=1S/C16H32N4O3.C2H6/c1-7-9-10-18(4)15(22)12-20(6)16(23)13-19(5)14(21)11-17(3)8-2;1-2/h7-13H2,1-6H3;1-2H3. The Morgan fingerprint density at radius 1 is 0.680 bits per heavy atom. The van der Waals surface area contributed by atoms with E-state index in [1.165, 1.54) is 9.80 Å². The Hall–Kier alpha value is -1.63. The van der Waals surface area contributed by atoms with Gasteiger partial charge in [-0.15, -0.1) is 0 Å². The molecule has 0 atom stereocenters. The third-order valence-corrected chi connectivity index (χ3v) is 3.81. The van der Waals surface area contributed by atoms with Crippen molar-refractivity contribution in [2.75, 3.05) is 60.9 Å². The largest absolute Gasteiger partial charge is 0.344 e. The molecule has 7 heteroatoms. The van der Waals surface area contributed by atoms with Gasteiger partial charge in [0.2, 0.25) is 17.7 Å². The van der Waals surface area contributed by atoms with E-state index in [4.69, 9.17) is 0 Å². The van der Waals surface area contributed by atoms with Gasteiger partial charge in [-0.2, -0.15) is 0 Å². The Morgan fingerprint density at radius 3 is 1.48 bits per heavy atom. The summed E-state index contributed by atoms with van der Waals surface area (Å²) in [5, 5.41) is 0. The van der Waals surface area contributed by atoms with E-state index >= 15 is 0 Å². The lowest BCUT2D eigenvalue weighted by Gasteiger charge is -2.25. The summed E-state index contributed by atoms with van der Waals surface area (Å²) in [6.07, 6.45) is 1.97. The topological polar surface area (TPSA) is 64.2 Å². The van der Waals surface area contributed by atoms with Gasteiger partial charge in [0.15, 0.2) is 0 Å². The smallest absolute Gasteiger partial charge is 0.242 e. The lowest BCUT2D eigenvalue weighted by molar-refractivity contribution is -0.142. The van der Waals surface area contributed by atoms with Gasteiger partial charge in [0.1, 0.15) is 0 Å². The van der Waals surface area contributed by atoms with Gasteiger partial charge in [0.05, 0.1) is 19.6 Å². The van der Waals surface area contributed by atoms with Crippen LogP contribution in [0.5, 0.6) is 0 Å².